The van der Waals surface area contributed by atoms with Gasteiger partial charge in [0.15, 0.2) is 11.6 Å². The molecule has 0 saturated carbocycles. The summed E-state index contributed by atoms with van der Waals surface area (Å²) in [7, 11) is 1.62. The summed E-state index contributed by atoms with van der Waals surface area (Å²) in [5.74, 6) is 2.36. The third-order valence-electron chi connectivity index (χ3n) is 4.47. The Hall–Kier alpha value is -3.61. The number of hydrogen-bond donors (Lipinski definition) is 1. The Kier molecular flexibility index (Phi) is 4.35. The highest BCUT2D eigenvalue weighted by Crippen LogP contribution is 2.28. The molecule has 0 aliphatic rings. The summed E-state index contributed by atoms with van der Waals surface area (Å²) in [6, 6.07) is 12.9. The summed E-state index contributed by atoms with van der Waals surface area (Å²) in [6.07, 6.45) is 0. The van der Waals surface area contributed by atoms with E-state index in [-0.39, 0.29) is 11.7 Å². The molecule has 1 aromatic carbocycles. The van der Waals surface area contributed by atoms with Gasteiger partial charge in [0.25, 0.3) is 5.91 Å². The van der Waals surface area contributed by atoms with Crippen molar-refractivity contribution in [2.24, 2.45) is 0 Å². The zero-order chi connectivity index (χ0) is 19.8. The van der Waals surface area contributed by atoms with Crippen LogP contribution in [0.4, 0.5) is 5.82 Å². The van der Waals surface area contributed by atoms with Gasteiger partial charge < -0.3 is 14.5 Å². The van der Waals surface area contributed by atoms with E-state index < -0.39 is 0 Å². The lowest BCUT2D eigenvalue weighted by Crippen LogP contribution is -2.15. The molecule has 0 bridgehead atoms. The Morgan fingerprint density at radius 2 is 1.96 bits per heavy atom. The van der Waals surface area contributed by atoms with Gasteiger partial charge in [0.2, 0.25) is 0 Å². The van der Waals surface area contributed by atoms with Gasteiger partial charge in [-0.15, -0.1) is 0 Å². The Bertz CT molecular complexity index is 1190. The molecule has 1 N–H and O–H groups in total. The molecule has 7 nitrogen and oxygen atoms in total. The number of hydrogen-bond acceptors (Lipinski definition) is 5. The average Bonchev–Trinajstić information content (AvgIpc) is 3.26. The van der Waals surface area contributed by atoms with Gasteiger partial charge in [-0.3, -0.25) is 4.79 Å². The summed E-state index contributed by atoms with van der Waals surface area (Å²) in [4.78, 5) is 17.2. The standard InChI is InChI=1S/C21H20N4O3/c1-12-10-18(22-20-15(12)6-5-7-16(20)27-4)25-19(11-13(2)24-25)23-21(26)17-9-8-14(3)28-17/h5-11H,1-4H3,(H,23,26). The molecule has 0 atom stereocenters. The van der Waals surface area contributed by atoms with E-state index in [1.54, 1.807) is 36.9 Å². The van der Waals surface area contributed by atoms with E-state index in [4.69, 9.17) is 14.1 Å². The Labute approximate surface area is 161 Å². The first-order valence-electron chi connectivity index (χ1n) is 8.85. The number of fused-ring (bicyclic) bond motifs is 1. The monoisotopic (exact) mass is 376 g/mol. The number of furan rings is 1. The molecule has 1 amide bonds. The van der Waals surface area contributed by atoms with Crippen molar-refractivity contribution >= 4 is 22.6 Å². The SMILES string of the molecule is COc1cccc2c(C)cc(-n3nc(C)cc3NC(=O)c3ccc(C)o3)nc12. The maximum absolute atomic E-state index is 12.5. The first-order chi connectivity index (χ1) is 13.5. The van der Waals surface area contributed by atoms with Gasteiger partial charge in [-0.2, -0.15) is 9.78 Å². The zero-order valence-electron chi connectivity index (χ0n) is 16.1. The van der Waals surface area contributed by atoms with Gasteiger partial charge in [0.1, 0.15) is 22.8 Å². The van der Waals surface area contributed by atoms with E-state index in [1.165, 1.54) is 0 Å². The highest BCUT2D eigenvalue weighted by atomic mass is 16.5. The van der Waals surface area contributed by atoms with Crippen molar-refractivity contribution in [2.75, 3.05) is 12.4 Å². The van der Waals surface area contributed by atoms with Crippen LogP contribution in [0, 0.1) is 20.8 Å². The first kappa shape index (κ1) is 17.8. The van der Waals surface area contributed by atoms with Crippen LogP contribution in [-0.2, 0) is 0 Å². The van der Waals surface area contributed by atoms with Gasteiger partial charge in [0.05, 0.1) is 12.8 Å². The molecule has 0 fully saturated rings. The largest absolute Gasteiger partial charge is 0.494 e. The molecule has 4 aromatic rings. The highest BCUT2D eigenvalue weighted by molar-refractivity contribution is 6.02. The van der Waals surface area contributed by atoms with E-state index >= 15 is 0 Å². The van der Waals surface area contributed by atoms with Crippen LogP contribution in [0.2, 0.25) is 0 Å². The maximum Gasteiger partial charge on any atom is 0.292 e. The molecule has 28 heavy (non-hydrogen) atoms. The van der Waals surface area contributed by atoms with Crippen molar-refractivity contribution in [1.29, 1.82) is 0 Å². The second-order valence-corrected chi connectivity index (χ2v) is 6.60. The minimum Gasteiger partial charge on any atom is -0.494 e. The number of methoxy groups -OCH3 is 1. The highest BCUT2D eigenvalue weighted by Gasteiger charge is 2.17. The van der Waals surface area contributed by atoms with E-state index in [2.05, 4.69) is 10.4 Å². The minimum absolute atomic E-state index is 0.243. The molecule has 0 spiro atoms. The second kappa shape index (κ2) is 6.84. The van der Waals surface area contributed by atoms with Crippen LogP contribution < -0.4 is 10.1 Å². The first-order valence-corrected chi connectivity index (χ1v) is 8.85. The van der Waals surface area contributed by atoms with Gasteiger partial charge in [-0.05, 0) is 50.6 Å². The minimum atomic E-state index is -0.343. The van der Waals surface area contributed by atoms with Crippen molar-refractivity contribution in [3.63, 3.8) is 0 Å². The van der Waals surface area contributed by atoms with Gasteiger partial charge in [-0.1, -0.05) is 12.1 Å². The van der Waals surface area contributed by atoms with Crippen molar-refractivity contribution in [1.82, 2.24) is 14.8 Å². The van der Waals surface area contributed by atoms with Gasteiger partial charge in [-0.25, -0.2) is 4.98 Å². The number of para-hydroxylation sites is 1. The molecule has 4 rings (SSSR count). The number of anilines is 1. The molecule has 142 valence electrons. The van der Waals surface area contributed by atoms with Crippen molar-refractivity contribution in [3.05, 3.63) is 65.2 Å². The third kappa shape index (κ3) is 3.11. The van der Waals surface area contributed by atoms with Gasteiger partial charge >= 0.3 is 0 Å². The number of ether oxygens (including phenoxy) is 1. The number of rotatable bonds is 4. The molecule has 3 heterocycles. The van der Waals surface area contributed by atoms with E-state index in [0.29, 0.717) is 23.1 Å². The predicted molar refractivity (Wildman–Crippen MR) is 106 cm³/mol. The summed E-state index contributed by atoms with van der Waals surface area (Å²) < 4.78 is 12.5. The molecule has 7 heteroatoms. The fourth-order valence-electron chi connectivity index (χ4n) is 3.14. The van der Waals surface area contributed by atoms with Crippen LogP contribution in [-0.4, -0.2) is 27.8 Å². The second-order valence-electron chi connectivity index (χ2n) is 6.60. The van der Waals surface area contributed by atoms with Crippen molar-refractivity contribution in [3.8, 4) is 11.6 Å². The van der Waals surface area contributed by atoms with Crippen LogP contribution >= 0.6 is 0 Å². The fraction of sp³-hybridized carbons (Fsp3) is 0.190. The third-order valence-corrected chi connectivity index (χ3v) is 4.47. The van der Waals surface area contributed by atoms with Crippen LogP contribution in [0.1, 0.15) is 27.6 Å². The molecule has 0 radical (unpaired) electrons. The Morgan fingerprint density at radius 3 is 2.68 bits per heavy atom. The number of carbonyl (C=O) groups excluding carboxylic acids is 1. The number of carbonyl (C=O) groups is 1. The molecule has 0 aliphatic carbocycles. The number of amides is 1. The number of nitrogens with one attached hydrogen (secondary N) is 1. The molecule has 0 saturated heterocycles. The molecule has 0 unspecified atom stereocenters. The normalized spacial score (nSPS) is 11.0. The number of aryl methyl sites for hydroxylation is 3. The van der Waals surface area contributed by atoms with Crippen molar-refractivity contribution in [2.45, 2.75) is 20.8 Å². The average molecular weight is 376 g/mol. The van der Waals surface area contributed by atoms with E-state index in [0.717, 1.165) is 22.2 Å². The van der Waals surface area contributed by atoms with E-state index in [1.807, 2.05) is 38.1 Å². The Balaban J connectivity index is 1.79. The van der Waals surface area contributed by atoms with Gasteiger partial charge in [0, 0.05) is 11.5 Å². The van der Waals surface area contributed by atoms with Crippen LogP contribution in [0.15, 0.2) is 46.9 Å². The molecular formula is C21H20N4O3. The smallest absolute Gasteiger partial charge is 0.292 e. The number of nitrogens with zero attached hydrogens (tertiary/aromatic N) is 3. The molecule has 3 aromatic heterocycles. The van der Waals surface area contributed by atoms with Crippen LogP contribution in [0.3, 0.4) is 0 Å². The molecule has 0 aliphatic heterocycles. The summed E-state index contributed by atoms with van der Waals surface area (Å²) >= 11 is 0. The lowest BCUT2D eigenvalue weighted by molar-refractivity contribution is 0.0994. The summed E-state index contributed by atoms with van der Waals surface area (Å²) in [5, 5.41) is 8.36. The predicted octanol–water partition coefficient (Wildman–Crippen LogP) is 4.20. The topological polar surface area (TPSA) is 82.2 Å². The quantitative estimate of drug-likeness (QED) is 0.577. The fourth-order valence-corrected chi connectivity index (χ4v) is 3.14. The number of aromatic nitrogens is 3. The lowest BCUT2D eigenvalue weighted by Gasteiger charge is -2.12. The molecular weight excluding hydrogens is 356 g/mol. The van der Waals surface area contributed by atoms with Crippen LogP contribution in [0.5, 0.6) is 5.75 Å². The lowest BCUT2D eigenvalue weighted by atomic mass is 10.1. The van der Waals surface area contributed by atoms with Crippen molar-refractivity contribution < 1.29 is 13.9 Å². The van der Waals surface area contributed by atoms with Crippen LogP contribution in [0.25, 0.3) is 16.7 Å². The van der Waals surface area contributed by atoms with E-state index in [9.17, 15) is 4.79 Å². The maximum atomic E-state index is 12.5. The summed E-state index contributed by atoms with van der Waals surface area (Å²) in [5.41, 5.74) is 2.53. The number of pyridine rings is 1. The number of benzene rings is 1. The zero-order valence-corrected chi connectivity index (χ0v) is 16.1. The Morgan fingerprint density at radius 1 is 1.14 bits per heavy atom. The summed E-state index contributed by atoms with van der Waals surface area (Å²) in [6.45, 7) is 5.66.